The van der Waals surface area contributed by atoms with Crippen molar-refractivity contribution in [3.8, 4) is 11.5 Å². The maximum atomic E-state index is 12.8. The highest BCUT2D eigenvalue weighted by Crippen LogP contribution is 2.21. The minimum Gasteiger partial charge on any atom is -0.490 e. The van der Waals surface area contributed by atoms with Gasteiger partial charge in [0.05, 0.1) is 5.56 Å². The lowest BCUT2D eigenvalue weighted by molar-refractivity contribution is -0.115. The molecular weight excluding hydrogens is 450 g/mol. The fraction of sp³-hybridized carbons (Fsp3) is 0.192. The number of hydrogen-bond acceptors (Lipinski definition) is 5. The molecule has 3 rings (SSSR count). The van der Waals surface area contributed by atoms with E-state index in [-0.39, 0.29) is 17.6 Å². The molecule has 0 saturated carbocycles. The SMILES string of the molecule is CCC(=O)Nc1cc(NC(=S)NC(=O)c2ccccc2OCCOc2ccccc2)ccc1C. The molecule has 0 fully saturated rings. The maximum Gasteiger partial charge on any atom is 0.261 e. The van der Waals surface area contributed by atoms with Crippen LogP contribution in [0.5, 0.6) is 11.5 Å². The number of para-hydroxylation sites is 2. The van der Waals surface area contributed by atoms with Crippen LogP contribution in [0.3, 0.4) is 0 Å². The Hall–Kier alpha value is -3.91. The number of carbonyl (C=O) groups excluding carboxylic acids is 2. The molecule has 34 heavy (non-hydrogen) atoms. The van der Waals surface area contributed by atoms with Crippen molar-refractivity contribution in [3.05, 3.63) is 83.9 Å². The summed E-state index contributed by atoms with van der Waals surface area (Å²) >= 11 is 5.31. The Balaban J connectivity index is 1.56. The lowest BCUT2D eigenvalue weighted by atomic mass is 10.1. The predicted octanol–water partition coefficient (Wildman–Crippen LogP) is 4.93. The quantitative estimate of drug-likeness (QED) is 0.299. The third kappa shape index (κ3) is 7.31. The second kappa shape index (κ2) is 12.4. The van der Waals surface area contributed by atoms with Crippen LogP contribution in [0.25, 0.3) is 0 Å². The number of ether oxygens (including phenoxy) is 2. The van der Waals surface area contributed by atoms with E-state index in [1.165, 1.54) is 0 Å². The fourth-order valence-electron chi connectivity index (χ4n) is 3.01. The van der Waals surface area contributed by atoms with Crippen molar-refractivity contribution in [1.29, 1.82) is 0 Å². The van der Waals surface area contributed by atoms with Crippen LogP contribution in [-0.2, 0) is 4.79 Å². The van der Waals surface area contributed by atoms with E-state index in [2.05, 4.69) is 16.0 Å². The van der Waals surface area contributed by atoms with E-state index >= 15 is 0 Å². The molecule has 0 atom stereocenters. The van der Waals surface area contributed by atoms with Gasteiger partial charge in [-0.1, -0.05) is 43.3 Å². The van der Waals surface area contributed by atoms with E-state index in [0.29, 0.717) is 35.7 Å². The number of aryl methyl sites for hydroxylation is 1. The number of carbonyl (C=O) groups is 2. The molecule has 3 N–H and O–H groups in total. The van der Waals surface area contributed by atoms with Gasteiger partial charge < -0.3 is 20.1 Å². The topological polar surface area (TPSA) is 88.7 Å². The summed E-state index contributed by atoms with van der Waals surface area (Å²) in [5.41, 5.74) is 2.60. The van der Waals surface area contributed by atoms with Crippen molar-refractivity contribution in [2.45, 2.75) is 20.3 Å². The Morgan fingerprint density at radius 2 is 1.59 bits per heavy atom. The molecule has 0 aromatic heterocycles. The molecule has 0 saturated heterocycles. The van der Waals surface area contributed by atoms with Gasteiger partial charge in [0.2, 0.25) is 5.91 Å². The summed E-state index contributed by atoms with van der Waals surface area (Å²) in [6.45, 7) is 4.30. The summed E-state index contributed by atoms with van der Waals surface area (Å²) in [6.07, 6.45) is 0.380. The first kappa shape index (κ1) is 24.7. The maximum absolute atomic E-state index is 12.8. The number of benzene rings is 3. The summed E-state index contributed by atoms with van der Waals surface area (Å²) in [5, 5.41) is 8.62. The molecule has 2 amide bonds. The van der Waals surface area contributed by atoms with Crippen LogP contribution in [0.1, 0.15) is 29.3 Å². The standard InChI is InChI=1S/C26H27N3O4S/c1-3-24(30)28-22-17-19(14-13-18(22)2)27-26(34)29-25(31)21-11-7-8-12-23(21)33-16-15-32-20-9-5-4-6-10-20/h4-14,17H,3,15-16H2,1-2H3,(H,28,30)(H2,27,29,31,34). The Kier molecular flexibility index (Phi) is 8.99. The van der Waals surface area contributed by atoms with E-state index in [0.717, 1.165) is 11.3 Å². The molecule has 0 unspecified atom stereocenters. The first-order valence-electron chi connectivity index (χ1n) is 10.9. The van der Waals surface area contributed by atoms with Gasteiger partial charge in [0.1, 0.15) is 24.7 Å². The van der Waals surface area contributed by atoms with Crippen LogP contribution in [0.4, 0.5) is 11.4 Å². The third-order valence-corrected chi connectivity index (χ3v) is 5.01. The Morgan fingerprint density at radius 3 is 2.35 bits per heavy atom. The number of hydrogen-bond donors (Lipinski definition) is 3. The average molecular weight is 478 g/mol. The monoisotopic (exact) mass is 477 g/mol. The number of thiocarbonyl (C=S) groups is 1. The molecule has 8 heteroatoms. The summed E-state index contributed by atoms with van der Waals surface area (Å²) < 4.78 is 11.4. The number of rotatable bonds is 9. The minimum atomic E-state index is -0.399. The lowest BCUT2D eigenvalue weighted by Crippen LogP contribution is -2.34. The Labute approximate surface area is 204 Å². The zero-order chi connectivity index (χ0) is 24.3. The highest BCUT2D eigenvalue weighted by Gasteiger charge is 2.14. The van der Waals surface area contributed by atoms with Gasteiger partial charge in [0, 0.05) is 17.8 Å². The van der Waals surface area contributed by atoms with Crippen molar-refractivity contribution in [1.82, 2.24) is 5.32 Å². The number of amides is 2. The number of anilines is 2. The molecule has 0 heterocycles. The molecule has 176 valence electrons. The van der Waals surface area contributed by atoms with Gasteiger partial charge in [-0.3, -0.25) is 14.9 Å². The fourth-order valence-corrected chi connectivity index (χ4v) is 3.22. The van der Waals surface area contributed by atoms with Crippen LogP contribution >= 0.6 is 12.2 Å². The van der Waals surface area contributed by atoms with E-state index in [4.69, 9.17) is 21.7 Å². The Morgan fingerprint density at radius 1 is 0.882 bits per heavy atom. The average Bonchev–Trinajstić information content (AvgIpc) is 2.84. The molecule has 0 bridgehead atoms. The van der Waals surface area contributed by atoms with Crippen LogP contribution in [0, 0.1) is 6.92 Å². The molecule has 3 aromatic carbocycles. The van der Waals surface area contributed by atoms with Gasteiger partial charge in [0.25, 0.3) is 5.91 Å². The van der Waals surface area contributed by atoms with Gasteiger partial charge in [-0.05, 0) is 61.1 Å². The van der Waals surface area contributed by atoms with Gasteiger partial charge >= 0.3 is 0 Å². The summed E-state index contributed by atoms with van der Waals surface area (Å²) in [4.78, 5) is 24.6. The van der Waals surface area contributed by atoms with Gasteiger partial charge in [-0.15, -0.1) is 0 Å². The second-order valence-corrected chi connectivity index (χ2v) is 7.75. The number of nitrogens with one attached hydrogen (secondary N) is 3. The summed E-state index contributed by atoms with van der Waals surface area (Å²) in [5.74, 6) is 0.701. The van der Waals surface area contributed by atoms with Crippen molar-refractivity contribution in [2.24, 2.45) is 0 Å². The van der Waals surface area contributed by atoms with Crippen LogP contribution in [0.2, 0.25) is 0 Å². The summed E-state index contributed by atoms with van der Waals surface area (Å²) in [7, 11) is 0. The smallest absolute Gasteiger partial charge is 0.261 e. The summed E-state index contributed by atoms with van der Waals surface area (Å²) in [6, 6.07) is 21.8. The predicted molar refractivity (Wildman–Crippen MR) is 138 cm³/mol. The molecule has 3 aromatic rings. The van der Waals surface area contributed by atoms with E-state index in [1.54, 1.807) is 37.3 Å². The molecule has 0 aliphatic carbocycles. The third-order valence-electron chi connectivity index (χ3n) is 4.80. The molecule has 0 aliphatic rings. The van der Waals surface area contributed by atoms with Gasteiger partial charge in [-0.25, -0.2) is 0 Å². The van der Waals surface area contributed by atoms with Crippen LogP contribution in [-0.4, -0.2) is 30.1 Å². The molecule has 0 spiro atoms. The normalized spacial score (nSPS) is 10.2. The van der Waals surface area contributed by atoms with Crippen molar-refractivity contribution in [2.75, 3.05) is 23.8 Å². The minimum absolute atomic E-state index is 0.0816. The highest BCUT2D eigenvalue weighted by atomic mass is 32.1. The van der Waals surface area contributed by atoms with Crippen molar-refractivity contribution in [3.63, 3.8) is 0 Å². The zero-order valence-corrected chi connectivity index (χ0v) is 19.9. The first-order chi connectivity index (χ1) is 16.5. The molecule has 7 nitrogen and oxygen atoms in total. The van der Waals surface area contributed by atoms with Gasteiger partial charge in [0.15, 0.2) is 5.11 Å². The van der Waals surface area contributed by atoms with E-state index in [1.807, 2.05) is 49.4 Å². The van der Waals surface area contributed by atoms with Gasteiger partial charge in [-0.2, -0.15) is 0 Å². The van der Waals surface area contributed by atoms with Crippen molar-refractivity contribution < 1.29 is 19.1 Å². The molecule has 0 aliphatic heterocycles. The lowest BCUT2D eigenvalue weighted by Gasteiger charge is -2.14. The zero-order valence-electron chi connectivity index (χ0n) is 19.1. The van der Waals surface area contributed by atoms with Crippen molar-refractivity contribution >= 4 is 40.5 Å². The molecular formula is C26H27N3O4S. The van der Waals surface area contributed by atoms with Crippen LogP contribution in [0.15, 0.2) is 72.8 Å². The molecule has 0 radical (unpaired) electrons. The largest absolute Gasteiger partial charge is 0.490 e. The first-order valence-corrected chi connectivity index (χ1v) is 11.3. The Bertz CT molecular complexity index is 1150. The van der Waals surface area contributed by atoms with Crippen LogP contribution < -0.4 is 25.4 Å². The van der Waals surface area contributed by atoms with E-state index < -0.39 is 5.91 Å². The second-order valence-electron chi connectivity index (χ2n) is 7.35. The highest BCUT2D eigenvalue weighted by molar-refractivity contribution is 7.80. The van der Waals surface area contributed by atoms with E-state index in [9.17, 15) is 9.59 Å².